The zero-order valence-corrected chi connectivity index (χ0v) is 8.89. The quantitative estimate of drug-likeness (QED) is 0.833. The summed E-state index contributed by atoms with van der Waals surface area (Å²) in [6, 6.07) is 3.36. The fourth-order valence-corrected chi connectivity index (χ4v) is 1.85. The maximum Gasteiger partial charge on any atom is 0.416 e. The van der Waals surface area contributed by atoms with E-state index in [1.165, 1.54) is 0 Å². The Morgan fingerprint density at radius 3 is 2.44 bits per heavy atom. The molecule has 0 saturated heterocycles. The largest absolute Gasteiger partial charge is 0.416 e. The van der Waals surface area contributed by atoms with Crippen LogP contribution in [0.3, 0.4) is 0 Å². The molecule has 0 aliphatic rings. The lowest BCUT2D eigenvalue weighted by molar-refractivity contribution is -0.137. The highest BCUT2D eigenvalue weighted by atomic mass is 32.2. The number of benzene rings is 1. The molecule has 16 heavy (non-hydrogen) atoms. The van der Waals surface area contributed by atoms with Crippen LogP contribution in [0.25, 0.3) is 0 Å². The van der Waals surface area contributed by atoms with Gasteiger partial charge in [-0.3, -0.25) is 4.84 Å². The van der Waals surface area contributed by atoms with Gasteiger partial charge in [0, 0.05) is 0 Å². The van der Waals surface area contributed by atoms with Crippen LogP contribution < -0.4 is 4.89 Å². The van der Waals surface area contributed by atoms with Gasteiger partial charge in [0.25, 0.3) is 10.0 Å². The third-order valence-electron chi connectivity index (χ3n) is 1.66. The summed E-state index contributed by atoms with van der Waals surface area (Å²) in [5, 5.41) is 0. The number of nitrogens with one attached hydrogen (secondary N) is 1. The lowest BCUT2D eigenvalue weighted by Crippen LogP contribution is -2.22. The van der Waals surface area contributed by atoms with Crippen molar-refractivity contribution in [3.63, 3.8) is 0 Å². The minimum Gasteiger partial charge on any atom is -0.290 e. The number of hydrogen-bond donors (Lipinski definition) is 1. The molecule has 0 atom stereocenters. The molecule has 0 bridgehead atoms. The molecule has 0 aromatic heterocycles. The zero-order chi connectivity index (χ0) is 12.4. The van der Waals surface area contributed by atoms with Crippen molar-refractivity contribution in [1.29, 1.82) is 0 Å². The Balaban J connectivity index is 3.19. The zero-order valence-electron chi connectivity index (χ0n) is 8.08. The summed E-state index contributed by atoms with van der Waals surface area (Å²) >= 11 is 0. The molecule has 0 fully saturated rings. The van der Waals surface area contributed by atoms with Gasteiger partial charge in [0.1, 0.15) is 0 Å². The van der Waals surface area contributed by atoms with Gasteiger partial charge in [-0.2, -0.15) is 13.2 Å². The molecule has 1 N–H and O–H groups in total. The summed E-state index contributed by atoms with van der Waals surface area (Å²) in [7, 11) is -3.02. The molecule has 4 nitrogen and oxygen atoms in total. The predicted molar refractivity (Wildman–Crippen MR) is 48.8 cm³/mol. The standard InChI is InChI=1S/C8H8F3NO3S/c1-15-12-16(13,14)7-4-2-3-6(5-7)8(9,10)11/h2-5,12H,1H3. The molecule has 0 heterocycles. The SMILES string of the molecule is CONS(=O)(=O)c1cccc(C(F)(F)F)c1. The van der Waals surface area contributed by atoms with Crippen molar-refractivity contribution >= 4 is 10.0 Å². The van der Waals surface area contributed by atoms with Gasteiger partial charge in [-0.05, 0) is 18.2 Å². The van der Waals surface area contributed by atoms with Gasteiger partial charge in [-0.1, -0.05) is 11.0 Å². The molecule has 0 aliphatic carbocycles. The van der Waals surface area contributed by atoms with Crippen molar-refractivity contribution in [2.45, 2.75) is 11.1 Å². The smallest absolute Gasteiger partial charge is 0.290 e. The third kappa shape index (κ3) is 2.94. The van der Waals surface area contributed by atoms with Crippen molar-refractivity contribution < 1.29 is 26.4 Å². The van der Waals surface area contributed by atoms with Gasteiger partial charge < -0.3 is 0 Å². The highest BCUT2D eigenvalue weighted by Crippen LogP contribution is 2.30. The summed E-state index contributed by atoms with van der Waals surface area (Å²) in [4.78, 5) is 5.28. The Bertz CT molecular complexity index is 470. The van der Waals surface area contributed by atoms with Crippen LogP contribution in [0.15, 0.2) is 29.2 Å². The third-order valence-corrected chi connectivity index (χ3v) is 2.93. The molecule has 90 valence electrons. The van der Waals surface area contributed by atoms with Crippen LogP contribution in [-0.4, -0.2) is 15.5 Å². The van der Waals surface area contributed by atoms with E-state index in [0.29, 0.717) is 6.07 Å². The van der Waals surface area contributed by atoms with E-state index in [9.17, 15) is 21.6 Å². The van der Waals surface area contributed by atoms with E-state index in [4.69, 9.17) is 0 Å². The summed E-state index contributed by atoms with van der Waals surface area (Å²) in [5.41, 5.74) is -1.04. The molecule has 1 aromatic rings. The Morgan fingerprint density at radius 1 is 1.31 bits per heavy atom. The van der Waals surface area contributed by atoms with Crippen LogP contribution in [0.4, 0.5) is 13.2 Å². The van der Waals surface area contributed by atoms with E-state index >= 15 is 0 Å². The molecule has 0 unspecified atom stereocenters. The van der Waals surface area contributed by atoms with Gasteiger partial charge in [-0.25, -0.2) is 8.42 Å². The molecule has 8 heteroatoms. The monoisotopic (exact) mass is 255 g/mol. The molecule has 0 aliphatic heterocycles. The first-order valence-electron chi connectivity index (χ1n) is 3.99. The fraction of sp³-hybridized carbons (Fsp3) is 0.250. The number of hydrogen-bond acceptors (Lipinski definition) is 3. The lowest BCUT2D eigenvalue weighted by atomic mass is 10.2. The molecule has 0 amide bonds. The Hall–Kier alpha value is -1.12. The highest BCUT2D eigenvalue weighted by Gasteiger charge is 2.31. The van der Waals surface area contributed by atoms with Crippen LogP contribution in [0.2, 0.25) is 0 Å². The van der Waals surface area contributed by atoms with Gasteiger partial charge in [0.2, 0.25) is 0 Å². The van der Waals surface area contributed by atoms with Crippen molar-refractivity contribution in [2.75, 3.05) is 7.11 Å². The van der Waals surface area contributed by atoms with Crippen LogP contribution in [0.5, 0.6) is 0 Å². The topological polar surface area (TPSA) is 55.4 Å². The Labute approximate surface area is 90.0 Å². The lowest BCUT2D eigenvalue weighted by Gasteiger charge is -2.09. The number of alkyl halides is 3. The average molecular weight is 255 g/mol. The minimum absolute atomic E-state index is 0.510. The van der Waals surface area contributed by atoms with Crippen molar-refractivity contribution in [1.82, 2.24) is 4.89 Å². The molecular formula is C8H8F3NO3S. The summed E-state index contributed by atoms with van der Waals surface area (Å²) in [6.07, 6.45) is -4.58. The first-order chi connectivity index (χ1) is 7.27. The minimum atomic E-state index is -4.58. The average Bonchev–Trinajstić information content (AvgIpc) is 2.16. The summed E-state index contributed by atoms with van der Waals surface area (Å²) in [5.74, 6) is 0. The summed E-state index contributed by atoms with van der Waals surface area (Å²) in [6.45, 7) is 0. The maximum absolute atomic E-state index is 12.3. The molecule has 1 aromatic carbocycles. The second-order valence-electron chi connectivity index (χ2n) is 2.82. The van der Waals surface area contributed by atoms with E-state index < -0.39 is 26.7 Å². The highest BCUT2D eigenvalue weighted by molar-refractivity contribution is 7.89. The Kier molecular flexibility index (Phi) is 3.56. The van der Waals surface area contributed by atoms with Gasteiger partial charge in [-0.15, -0.1) is 0 Å². The molecular weight excluding hydrogens is 247 g/mol. The fourth-order valence-electron chi connectivity index (χ4n) is 0.997. The van der Waals surface area contributed by atoms with Gasteiger partial charge in [0.05, 0.1) is 17.6 Å². The van der Waals surface area contributed by atoms with E-state index in [1.54, 1.807) is 4.89 Å². The van der Waals surface area contributed by atoms with E-state index in [2.05, 4.69) is 4.84 Å². The molecule has 0 radical (unpaired) electrons. The van der Waals surface area contributed by atoms with Crippen LogP contribution in [-0.2, 0) is 21.0 Å². The molecule has 0 saturated carbocycles. The normalized spacial score (nSPS) is 12.8. The number of halogens is 3. The number of rotatable bonds is 3. The van der Waals surface area contributed by atoms with E-state index in [0.717, 1.165) is 25.3 Å². The van der Waals surface area contributed by atoms with E-state index in [-0.39, 0.29) is 0 Å². The van der Waals surface area contributed by atoms with Crippen LogP contribution in [0.1, 0.15) is 5.56 Å². The van der Waals surface area contributed by atoms with Crippen molar-refractivity contribution in [2.24, 2.45) is 0 Å². The first kappa shape index (κ1) is 12.9. The van der Waals surface area contributed by atoms with Crippen molar-refractivity contribution in [3.05, 3.63) is 29.8 Å². The van der Waals surface area contributed by atoms with Gasteiger partial charge >= 0.3 is 6.18 Å². The first-order valence-corrected chi connectivity index (χ1v) is 5.48. The second kappa shape index (κ2) is 4.40. The van der Waals surface area contributed by atoms with E-state index in [1.807, 2.05) is 0 Å². The maximum atomic E-state index is 12.3. The summed E-state index contributed by atoms with van der Waals surface area (Å²) < 4.78 is 59.5. The second-order valence-corrected chi connectivity index (χ2v) is 4.46. The van der Waals surface area contributed by atoms with Crippen LogP contribution >= 0.6 is 0 Å². The molecule has 1 rings (SSSR count). The van der Waals surface area contributed by atoms with Crippen LogP contribution in [0, 0.1) is 0 Å². The number of sulfonamides is 1. The van der Waals surface area contributed by atoms with Gasteiger partial charge in [0.15, 0.2) is 0 Å². The molecule has 0 spiro atoms. The van der Waals surface area contributed by atoms with Crippen molar-refractivity contribution in [3.8, 4) is 0 Å². The Morgan fingerprint density at radius 2 is 1.94 bits per heavy atom. The predicted octanol–water partition coefficient (Wildman–Crippen LogP) is 1.55.